The van der Waals surface area contributed by atoms with Crippen molar-refractivity contribution < 1.29 is 30.0 Å². The van der Waals surface area contributed by atoms with Crippen LogP contribution in [-0.4, -0.2) is 27.3 Å². The van der Waals surface area contributed by atoms with Crippen LogP contribution >= 0.6 is 0 Å². The van der Waals surface area contributed by atoms with Gasteiger partial charge in [-0.25, -0.2) is 16.8 Å². The Morgan fingerprint density at radius 3 is 2.18 bits per heavy atom. The molecule has 0 unspecified atom stereocenters. The SMILES string of the molecule is O=S(=O)(NS(=O)(=O)C(F)(F)F)c1cccnc1. The predicted molar refractivity (Wildman–Crippen MR) is 49.5 cm³/mol. The van der Waals surface area contributed by atoms with Gasteiger partial charge in [-0.15, -0.1) is 0 Å². The highest BCUT2D eigenvalue weighted by Gasteiger charge is 2.48. The third-order valence-electron chi connectivity index (χ3n) is 1.47. The zero-order valence-corrected chi connectivity index (χ0v) is 9.47. The first-order valence-electron chi connectivity index (χ1n) is 3.81. The van der Waals surface area contributed by atoms with Crippen LogP contribution in [0.1, 0.15) is 0 Å². The van der Waals surface area contributed by atoms with Crippen LogP contribution in [0.3, 0.4) is 0 Å². The molecule has 0 aliphatic rings. The Labute approximate surface area is 94.6 Å². The van der Waals surface area contributed by atoms with Gasteiger partial charge < -0.3 is 0 Å². The van der Waals surface area contributed by atoms with Crippen molar-refractivity contribution in [3.05, 3.63) is 24.5 Å². The average molecular weight is 290 g/mol. The number of hydrogen-bond donors (Lipinski definition) is 1. The highest BCUT2D eigenvalue weighted by atomic mass is 32.3. The standard InChI is InChI=1S/C6H5F3N2O4S2/c7-6(8,9)17(14,15)11-16(12,13)5-2-1-3-10-4-5/h1-4,11H. The molecule has 0 amide bonds. The van der Waals surface area contributed by atoms with Crippen LogP contribution in [0.2, 0.25) is 0 Å². The quantitative estimate of drug-likeness (QED) is 0.859. The molecule has 1 N–H and O–H groups in total. The molecule has 0 atom stereocenters. The van der Waals surface area contributed by atoms with E-state index in [0.29, 0.717) is 10.3 Å². The third-order valence-corrected chi connectivity index (χ3v) is 4.70. The molecule has 96 valence electrons. The summed E-state index contributed by atoms with van der Waals surface area (Å²) in [5, 5.41) is 0. The number of rotatable bonds is 3. The van der Waals surface area contributed by atoms with Crippen LogP contribution in [0.5, 0.6) is 0 Å². The second-order valence-corrected chi connectivity index (χ2v) is 6.34. The van der Waals surface area contributed by atoms with Gasteiger partial charge in [0.1, 0.15) is 4.90 Å². The highest BCUT2D eigenvalue weighted by Crippen LogP contribution is 2.23. The largest absolute Gasteiger partial charge is 0.512 e. The van der Waals surface area contributed by atoms with Crippen LogP contribution < -0.4 is 4.13 Å². The molecule has 0 saturated heterocycles. The zero-order valence-electron chi connectivity index (χ0n) is 7.84. The lowest BCUT2D eigenvalue weighted by Gasteiger charge is -2.09. The lowest BCUT2D eigenvalue weighted by atomic mass is 10.5. The van der Waals surface area contributed by atoms with E-state index in [1.54, 1.807) is 0 Å². The van der Waals surface area contributed by atoms with E-state index in [4.69, 9.17) is 0 Å². The maximum absolute atomic E-state index is 11.9. The van der Waals surface area contributed by atoms with Crippen molar-refractivity contribution in [2.75, 3.05) is 0 Å². The monoisotopic (exact) mass is 290 g/mol. The summed E-state index contributed by atoms with van der Waals surface area (Å²) in [6, 6.07) is 2.04. The summed E-state index contributed by atoms with van der Waals surface area (Å²) < 4.78 is 80.2. The number of pyridine rings is 1. The van der Waals surface area contributed by atoms with E-state index in [-0.39, 0.29) is 0 Å². The zero-order chi connectivity index (χ0) is 13.3. The molecule has 0 saturated carbocycles. The normalized spacial score (nSPS) is 13.6. The van der Waals surface area contributed by atoms with Crippen molar-refractivity contribution in [3.63, 3.8) is 0 Å². The molecule has 6 nitrogen and oxygen atoms in total. The fraction of sp³-hybridized carbons (Fsp3) is 0.167. The second kappa shape index (κ2) is 4.23. The van der Waals surface area contributed by atoms with Crippen LogP contribution in [0.25, 0.3) is 0 Å². The van der Waals surface area contributed by atoms with Crippen LogP contribution in [0.4, 0.5) is 13.2 Å². The van der Waals surface area contributed by atoms with Crippen molar-refractivity contribution in [3.8, 4) is 0 Å². The van der Waals surface area contributed by atoms with Crippen LogP contribution in [0.15, 0.2) is 29.4 Å². The van der Waals surface area contributed by atoms with Gasteiger partial charge in [0.25, 0.3) is 10.0 Å². The number of alkyl halides is 3. The Hall–Kier alpha value is -1.20. The van der Waals surface area contributed by atoms with Gasteiger partial charge in [-0.05, 0) is 12.1 Å². The van der Waals surface area contributed by atoms with Crippen LogP contribution in [0, 0.1) is 0 Å². The van der Waals surface area contributed by atoms with E-state index >= 15 is 0 Å². The van der Waals surface area contributed by atoms with Gasteiger partial charge in [0.05, 0.1) is 0 Å². The molecule has 1 heterocycles. The molecular weight excluding hydrogens is 285 g/mol. The van der Waals surface area contributed by atoms with E-state index in [9.17, 15) is 30.0 Å². The Morgan fingerprint density at radius 2 is 1.76 bits per heavy atom. The van der Waals surface area contributed by atoms with E-state index in [1.807, 2.05) is 0 Å². The number of aromatic nitrogens is 1. The summed E-state index contributed by atoms with van der Waals surface area (Å²) in [7, 11) is -10.8. The summed E-state index contributed by atoms with van der Waals surface area (Å²) >= 11 is 0. The summed E-state index contributed by atoms with van der Waals surface area (Å²) in [6.45, 7) is 0. The van der Waals surface area contributed by atoms with E-state index in [0.717, 1.165) is 12.1 Å². The van der Waals surface area contributed by atoms with E-state index in [2.05, 4.69) is 4.98 Å². The third kappa shape index (κ3) is 3.14. The van der Waals surface area contributed by atoms with Crippen molar-refractivity contribution in [2.24, 2.45) is 0 Å². The predicted octanol–water partition coefficient (Wildman–Crippen LogP) is 0.210. The Bertz CT molecular complexity index is 594. The Kier molecular flexibility index (Phi) is 3.45. The Morgan fingerprint density at radius 1 is 1.18 bits per heavy atom. The lowest BCUT2D eigenvalue weighted by Crippen LogP contribution is -2.40. The number of hydrogen-bond acceptors (Lipinski definition) is 5. The molecule has 0 spiro atoms. The molecule has 1 rings (SSSR count). The van der Waals surface area contributed by atoms with E-state index in [1.165, 1.54) is 6.20 Å². The van der Waals surface area contributed by atoms with Gasteiger partial charge in [-0.3, -0.25) is 4.98 Å². The van der Waals surface area contributed by atoms with Gasteiger partial charge in [-0.1, -0.05) is 4.13 Å². The molecule has 0 aromatic carbocycles. The highest BCUT2D eigenvalue weighted by molar-refractivity contribution is 8.05. The average Bonchev–Trinajstić information content (AvgIpc) is 2.15. The summed E-state index contributed by atoms with van der Waals surface area (Å²) in [5.41, 5.74) is -5.71. The van der Waals surface area contributed by atoms with Crippen molar-refractivity contribution in [1.29, 1.82) is 0 Å². The molecule has 17 heavy (non-hydrogen) atoms. The molecule has 1 aromatic rings. The number of nitrogens with one attached hydrogen (secondary N) is 1. The number of nitrogens with zero attached hydrogens (tertiary/aromatic N) is 1. The molecule has 11 heteroatoms. The smallest absolute Gasteiger partial charge is 0.263 e. The molecule has 0 aliphatic heterocycles. The Balaban J connectivity index is 3.14. The number of halogens is 3. The molecule has 0 bridgehead atoms. The minimum absolute atomic E-state index is 0.568. The van der Waals surface area contributed by atoms with Crippen molar-refractivity contribution >= 4 is 20.0 Å². The first kappa shape index (κ1) is 13.9. The van der Waals surface area contributed by atoms with E-state index < -0.39 is 30.5 Å². The first-order chi connectivity index (χ1) is 7.56. The minimum atomic E-state index is -5.97. The molecule has 0 fully saturated rings. The summed E-state index contributed by atoms with van der Waals surface area (Å²) in [5.74, 6) is 0. The molecule has 0 radical (unpaired) electrons. The van der Waals surface area contributed by atoms with Gasteiger partial charge >= 0.3 is 15.5 Å². The van der Waals surface area contributed by atoms with Crippen LogP contribution in [-0.2, 0) is 20.0 Å². The molecular formula is C6H5F3N2O4S2. The number of sulfonamides is 2. The van der Waals surface area contributed by atoms with Gasteiger partial charge in [0.15, 0.2) is 0 Å². The topological polar surface area (TPSA) is 93.2 Å². The minimum Gasteiger partial charge on any atom is -0.263 e. The van der Waals surface area contributed by atoms with Gasteiger partial charge in [0.2, 0.25) is 0 Å². The maximum Gasteiger partial charge on any atom is 0.512 e. The molecule has 0 aliphatic carbocycles. The van der Waals surface area contributed by atoms with Gasteiger partial charge in [0, 0.05) is 12.4 Å². The van der Waals surface area contributed by atoms with Gasteiger partial charge in [-0.2, -0.15) is 13.2 Å². The lowest BCUT2D eigenvalue weighted by molar-refractivity contribution is -0.0441. The first-order valence-corrected chi connectivity index (χ1v) is 6.78. The van der Waals surface area contributed by atoms with Crippen molar-refractivity contribution in [2.45, 2.75) is 10.4 Å². The fourth-order valence-electron chi connectivity index (χ4n) is 0.746. The fourth-order valence-corrected chi connectivity index (χ4v) is 3.12. The molecule has 1 aromatic heterocycles. The maximum atomic E-state index is 11.9. The van der Waals surface area contributed by atoms with Crippen molar-refractivity contribution in [1.82, 2.24) is 9.11 Å². The second-order valence-electron chi connectivity index (χ2n) is 2.72. The summed E-state index contributed by atoms with van der Waals surface area (Å²) in [6.07, 6.45) is 1.89. The summed E-state index contributed by atoms with van der Waals surface area (Å²) in [4.78, 5) is 2.66.